The van der Waals surface area contributed by atoms with Gasteiger partial charge in [0.2, 0.25) is 0 Å². The summed E-state index contributed by atoms with van der Waals surface area (Å²) in [5.41, 5.74) is 18.9. The molecule has 8 aromatic carbocycles. The van der Waals surface area contributed by atoms with Gasteiger partial charge in [0, 0.05) is 44.6 Å². The van der Waals surface area contributed by atoms with E-state index in [-0.39, 0.29) is 0 Å². The van der Waals surface area contributed by atoms with Crippen molar-refractivity contribution in [2.24, 2.45) is 9.98 Å². The third-order valence-electron chi connectivity index (χ3n) is 13.2. The van der Waals surface area contributed by atoms with Crippen LogP contribution in [0.4, 0.5) is 0 Å². The minimum absolute atomic E-state index is 0.305. The van der Waals surface area contributed by atoms with E-state index in [0.29, 0.717) is 12.6 Å². The summed E-state index contributed by atoms with van der Waals surface area (Å²) in [7, 11) is 0. The predicted molar refractivity (Wildman–Crippen MR) is 270 cm³/mol. The van der Waals surface area contributed by atoms with Gasteiger partial charge in [0.1, 0.15) is 0 Å². The summed E-state index contributed by atoms with van der Waals surface area (Å²) in [5, 5.41) is 5.11. The second kappa shape index (κ2) is 15.7. The second-order valence-corrected chi connectivity index (χ2v) is 16.9. The van der Waals surface area contributed by atoms with Crippen LogP contribution in [-0.4, -0.2) is 21.6 Å². The fraction of sp³-hybridized carbons (Fsp3) is 0.0667. The van der Waals surface area contributed by atoms with E-state index in [0.717, 1.165) is 35.4 Å². The Morgan fingerprint density at radius 2 is 1.23 bits per heavy atom. The Morgan fingerprint density at radius 1 is 0.578 bits per heavy atom. The normalized spacial score (nSPS) is 14.8. The minimum atomic E-state index is 0.305. The van der Waals surface area contributed by atoms with E-state index < -0.39 is 0 Å². The van der Waals surface area contributed by atoms with Gasteiger partial charge in [-0.3, -0.25) is 9.98 Å². The van der Waals surface area contributed by atoms with Crippen LogP contribution in [0.5, 0.6) is 0 Å². The summed E-state index contributed by atoms with van der Waals surface area (Å²) in [6.45, 7) is 4.44. The summed E-state index contributed by atoms with van der Waals surface area (Å²) in [4.78, 5) is 9.59. The molecule has 0 spiro atoms. The molecule has 0 saturated carbocycles. The number of allylic oxidation sites excluding steroid dienone is 5. The maximum Gasteiger partial charge on any atom is 0.0716 e. The summed E-state index contributed by atoms with van der Waals surface area (Å²) in [6, 6.07) is 66.3. The number of aliphatic imine (C=N–C) groups is 2. The Hall–Kier alpha value is -8.08. The number of nitrogens with zero attached hydrogens (tertiary/aromatic N) is 4. The van der Waals surface area contributed by atoms with E-state index in [1.807, 2.05) is 30.3 Å². The molecule has 10 aromatic rings. The first kappa shape index (κ1) is 37.7. The van der Waals surface area contributed by atoms with Gasteiger partial charge in [-0.05, 0) is 106 Å². The molecule has 1 atom stereocenters. The molecule has 2 aliphatic rings. The van der Waals surface area contributed by atoms with Crippen molar-refractivity contribution in [2.75, 3.05) is 0 Å². The second-order valence-electron chi connectivity index (χ2n) is 16.9. The van der Waals surface area contributed by atoms with Crippen LogP contribution >= 0.6 is 0 Å². The molecule has 0 N–H and O–H groups in total. The van der Waals surface area contributed by atoms with Crippen molar-refractivity contribution in [3.05, 3.63) is 240 Å². The van der Waals surface area contributed by atoms with Crippen molar-refractivity contribution in [1.29, 1.82) is 0 Å². The first-order valence-electron chi connectivity index (χ1n) is 22.2. The van der Waals surface area contributed by atoms with E-state index in [1.165, 1.54) is 88.2 Å². The highest BCUT2D eigenvalue weighted by Gasteiger charge is 2.25. The number of para-hydroxylation sites is 2. The SMILES string of the molecule is C=N/C(=C\C(=NCc1ccc2c(c1)Cc1c-2cccc1-n1c2ccccc2c2cc(-c3ccc4c(c3)c3ccccc3n4C3C=CC=CC3)ccc21)c1ccccc1)c1ccccc1. The van der Waals surface area contributed by atoms with Gasteiger partial charge >= 0.3 is 0 Å². The summed E-state index contributed by atoms with van der Waals surface area (Å²) >= 11 is 0. The molecular weight excluding hydrogens is 777 g/mol. The van der Waals surface area contributed by atoms with Gasteiger partial charge in [0.05, 0.1) is 40.7 Å². The molecule has 0 bridgehead atoms. The van der Waals surface area contributed by atoms with Crippen molar-refractivity contribution >= 4 is 61.7 Å². The summed E-state index contributed by atoms with van der Waals surface area (Å²) in [6.07, 6.45) is 12.8. The summed E-state index contributed by atoms with van der Waals surface area (Å²) in [5.74, 6) is 0. The minimum Gasteiger partial charge on any atom is -0.333 e. The van der Waals surface area contributed by atoms with Crippen LogP contribution < -0.4 is 0 Å². The third kappa shape index (κ3) is 6.37. The molecule has 2 heterocycles. The Kier molecular flexibility index (Phi) is 9.23. The van der Waals surface area contributed by atoms with E-state index in [9.17, 15) is 0 Å². The predicted octanol–water partition coefficient (Wildman–Crippen LogP) is 14.9. The van der Waals surface area contributed by atoms with Gasteiger partial charge in [-0.25, -0.2) is 0 Å². The number of hydrogen-bond donors (Lipinski definition) is 0. The average molecular weight is 821 g/mol. The Labute approximate surface area is 372 Å². The van der Waals surface area contributed by atoms with E-state index in [4.69, 9.17) is 4.99 Å². The van der Waals surface area contributed by atoms with Crippen molar-refractivity contribution in [1.82, 2.24) is 9.13 Å². The van der Waals surface area contributed by atoms with Crippen LogP contribution in [0.2, 0.25) is 0 Å². The van der Waals surface area contributed by atoms with Crippen LogP contribution in [0.15, 0.2) is 222 Å². The molecule has 0 saturated heterocycles. The van der Waals surface area contributed by atoms with Gasteiger partial charge in [0.15, 0.2) is 0 Å². The number of fused-ring (bicyclic) bond motifs is 9. The highest BCUT2D eigenvalue weighted by molar-refractivity contribution is 6.13. The average Bonchev–Trinajstić information content (AvgIpc) is 4.02. The molecule has 0 aliphatic heterocycles. The zero-order chi connectivity index (χ0) is 42.6. The fourth-order valence-corrected chi connectivity index (χ4v) is 10.2. The summed E-state index contributed by atoms with van der Waals surface area (Å²) < 4.78 is 5.00. The lowest BCUT2D eigenvalue weighted by molar-refractivity contribution is 0.648. The smallest absolute Gasteiger partial charge is 0.0716 e. The van der Waals surface area contributed by atoms with Gasteiger partial charge in [-0.15, -0.1) is 0 Å². The van der Waals surface area contributed by atoms with E-state index >= 15 is 0 Å². The molecule has 2 aliphatic carbocycles. The van der Waals surface area contributed by atoms with Crippen LogP contribution in [0, 0.1) is 0 Å². The third-order valence-corrected chi connectivity index (χ3v) is 13.2. The molecule has 64 heavy (non-hydrogen) atoms. The highest BCUT2D eigenvalue weighted by Crippen LogP contribution is 2.44. The molecule has 1 unspecified atom stereocenters. The zero-order valence-electron chi connectivity index (χ0n) is 35.4. The molecule has 0 amide bonds. The maximum atomic E-state index is 5.20. The van der Waals surface area contributed by atoms with Crippen LogP contribution in [0.1, 0.15) is 40.3 Å². The molecule has 4 nitrogen and oxygen atoms in total. The fourth-order valence-electron chi connectivity index (χ4n) is 10.2. The topological polar surface area (TPSA) is 34.6 Å². The van der Waals surface area contributed by atoms with E-state index in [1.54, 1.807) is 0 Å². The van der Waals surface area contributed by atoms with Crippen molar-refractivity contribution in [3.8, 4) is 27.9 Å². The molecule has 12 rings (SSSR count). The first-order chi connectivity index (χ1) is 31.7. The van der Waals surface area contributed by atoms with Crippen molar-refractivity contribution < 1.29 is 0 Å². The zero-order valence-corrected chi connectivity index (χ0v) is 35.4. The van der Waals surface area contributed by atoms with E-state index in [2.05, 4.69) is 203 Å². The number of aromatic nitrogens is 2. The lowest BCUT2D eigenvalue weighted by Gasteiger charge is -2.18. The van der Waals surface area contributed by atoms with Crippen LogP contribution in [-0.2, 0) is 13.0 Å². The first-order valence-corrected chi connectivity index (χ1v) is 22.2. The molecule has 2 aromatic heterocycles. The molecule has 4 heteroatoms. The van der Waals surface area contributed by atoms with Gasteiger partial charge in [0.25, 0.3) is 0 Å². The number of rotatable bonds is 9. The Balaban J connectivity index is 0.902. The van der Waals surface area contributed by atoms with Gasteiger partial charge in [-0.2, -0.15) is 0 Å². The monoisotopic (exact) mass is 820 g/mol. The highest BCUT2D eigenvalue weighted by atomic mass is 15.0. The van der Waals surface area contributed by atoms with Crippen LogP contribution in [0.3, 0.4) is 0 Å². The number of benzene rings is 8. The Bertz CT molecular complexity index is 3600. The van der Waals surface area contributed by atoms with Gasteiger partial charge in [-0.1, -0.05) is 164 Å². The lowest BCUT2D eigenvalue weighted by atomic mass is 10.0. The number of hydrogen-bond acceptors (Lipinski definition) is 2. The molecule has 0 fully saturated rings. The largest absolute Gasteiger partial charge is 0.333 e. The maximum absolute atomic E-state index is 5.20. The van der Waals surface area contributed by atoms with Crippen LogP contribution in [0.25, 0.3) is 77.2 Å². The Morgan fingerprint density at radius 3 is 1.98 bits per heavy atom. The molecular formula is C60H44N4. The standard InChI is InChI=1S/C60H44N4/c1-61-54(41-16-5-2-6-17-41)38-55(42-18-7-3-8-19-42)62-39-40-28-31-47-45(34-40)37-51-48(47)24-15-27-58(51)64-57-26-14-12-23-50(57)53-36-44(30-33-60(53)64)43-29-32-59-52(35-43)49-22-11-13-25-56(49)63(59)46-20-9-4-10-21-46/h2-20,22-36,38,46H,1,21,37,39H2/b54-38-,62-55?. The van der Waals surface area contributed by atoms with Gasteiger partial charge < -0.3 is 9.13 Å². The molecule has 0 radical (unpaired) electrons. The molecule has 304 valence electrons. The van der Waals surface area contributed by atoms with Crippen molar-refractivity contribution in [3.63, 3.8) is 0 Å². The quantitative estimate of drug-likeness (QED) is 0.130. The van der Waals surface area contributed by atoms with Crippen molar-refractivity contribution in [2.45, 2.75) is 25.4 Å². The lowest BCUT2D eigenvalue weighted by Crippen LogP contribution is -2.06.